The summed E-state index contributed by atoms with van der Waals surface area (Å²) in [6, 6.07) is 4.26. The summed E-state index contributed by atoms with van der Waals surface area (Å²) in [5, 5.41) is 3.14. The van der Waals surface area contributed by atoms with Crippen LogP contribution in [-0.4, -0.2) is 4.98 Å². The van der Waals surface area contributed by atoms with E-state index in [1.807, 2.05) is 0 Å². The maximum Gasteiger partial charge on any atom is 0.114 e. The van der Waals surface area contributed by atoms with Crippen molar-refractivity contribution in [2.24, 2.45) is 5.73 Å². The van der Waals surface area contributed by atoms with Gasteiger partial charge in [0.15, 0.2) is 0 Å². The molecule has 1 atom stereocenters. The predicted molar refractivity (Wildman–Crippen MR) is 87.5 cm³/mol. The monoisotopic (exact) mass is 288 g/mol. The van der Waals surface area contributed by atoms with Crippen LogP contribution in [0.3, 0.4) is 0 Å². The third kappa shape index (κ3) is 2.94. The number of aromatic nitrogens is 1. The zero-order valence-electron chi connectivity index (χ0n) is 13.2. The molecule has 0 fully saturated rings. The van der Waals surface area contributed by atoms with E-state index >= 15 is 0 Å². The van der Waals surface area contributed by atoms with Crippen LogP contribution in [0.5, 0.6) is 0 Å². The standard InChI is InChI=1S/C17H24N2S/c1-10-7-11(2)14(12(3)8-10)15(18)16-19-13(9-20-16)17(4,5)6/h7-9,15H,18H2,1-6H3. The van der Waals surface area contributed by atoms with E-state index in [0.717, 1.165) is 10.7 Å². The molecule has 20 heavy (non-hydrogen) atoms. The normalized spacial score (nSPS) is 13.6. The van der Waals surface area contributed by atoms with Crippen molar-refractivity contribution in [3.05, 3.63) is 50.5 Å². The van der Waals surface area contributed by atoms with Gasteiger partial charge in [-0.05, 0) is 37.5 Å². The molecule has 0 aliphatic rings. The Balaban J connectivity index is 2.42. The first kappa shape index (κ1) is 15.2. The molecular weight excluding hydrogens is 264 g/mol. The van der Waals surface area contributed by atoms with Crippen molar-refractivity contribution in [2.45, 2.75) is 53.0 Å². The molecule has 0 bridgehead atoms. The van der Waals surface area contributed by atoms with Gasteiger partial charge in [-0.15, -0.1) is 11.3 Å². The smallest absolute Gasteiger partial charge is 0.114 e. The fourth-order valence-electron chi connectivity index (χ4n) is 2.58. The molecule has 1 aromatic heterocycles. The molecule has 0 amide bonds. The minimum absolute atomic E-state index is 0.0752. The van der Waals surface area contributed by atoms with Crippen LogP contribution in [0.4, 0.5) is 0 Å². The van der Waals surface area contributed by atoms with Gasteiger partial charge in [0.1, 0.15) is 5.01 Å². The van der Waals surface area contributed by atoms with Crippen molar-refractivity contribution >= 4 is 11.3 Å². The number of aryl methyl sites for hydroxylation is 3. The summed E-state index contributed by atoms with van der Waals surface area (Å²) in [5.74, 6) is 0. The summed E-state index contributed by atoms with van der Waals surface area (Å²) in [6.45, 7) is 12.9. The topological polar surface area (TPSA) is 38.9 Å². The van der Waals surface area contributed by atoms with Crippen molar-refractivity contribution < 1.29 is 0 Å². The number of hydrogen-bond donors (Lipinski definition) is 1. The van der Waals surface area contributed by atoms with Crippen LogP contribution in [0.1, 0.15) is 59.8 Å². The number of benzene rings is 1. The van der Waals surface area contributed by atoms with Crippen molar-refractivity contribution in [1.29, 1.82) is 0 Å². The van der Waals surface area contributed by atoms with E-state index in [4.69, 9.17) is 10.7 Å². The Bertz CT molecular complexity index is 597. The maximum atomic E-state index is 6.47. The predicted octanol–water partition coefficient (Wildman–Crippen LogP) is 4.41. The SMILES string of the molecule is Cc1cc(C)c(C(N)c2nc(C(C)(C)C)cs2)c(C)c1. The molecule has 0 radical (unpaired) electrons. The molecule has 108 valence electrons. The van der Waals surface area contributed by atoms with Crippen LogP contribution in [0.2, 0.25) is 0 Å². The van der Waals surface area contributed by atoms with Gasteiger partial charge in [-0.2, -0.15) is 0 Å². The van der Waals surface area contributed by atoms with Gasteiger partial charge >= 0.3 is 0 Å². The largest absolute Gasteiger partial charge is 0.318 e. The minimum Gasteiger partial charge on any atom is -0.318 e. The van der Waals surface area contributed by atoms with Crippen LogP contribution in [-0.2, 0) is 5.41 Å². The van der Waals surface area contributed by atoms with Crippen molar-refractivity contribution in [2.75, 3.05) is 0 Å². The summed E-state index contributed by atoms with van der Waals surface area (Å²) in [4.78, 5) is 4.76. The molecule has 1 aromatic carbocycles. The minimum atomic E-state index is -0.128. The molecule has 0 saturated carbocycles. The molecule has 1 heterocycles. The Labute approximate surface area is 126 Å². The first-order chi connectivity index (χ1) is 9.20. The lowest BCUT2D eigenvalue weighted by Crippen LogP contribution is -2.16. The number of nitrogens with two attached hydrogens (primary N) is 1. The first-order valence-corrected chi connectivity index (χ1v) is 7.87. The molecule has 3 heteroatoms. The number of nitrogens with zero attached hydrogens (tertiary/aromatic N) is 1. The van der Waals surface area contributed by atoms with E-state index in [9.17, 15) is 0 Å². The second kappa shape index (κ2) is 5.30. The van der Waals surface area contributed by atoms with Gasteiger partial charge in [0.2, 0.25) is 0 Å². The second-order valence-electron chi connectivity index (χ2n) is 6.61. The highest BCUT2D eigenvalue weighted by Crippen LogP contribution is 2.31. The van der Waals surface area contributed by atoms with E-state index in [1.165, 1.54) is 22.3 Å². The lowest BCUT2D eigenvalue weighted by Gasteiger charge is -2.17. The molecule has 2 N–H and O–H groups in total. The van der Waals surface area contributed by atoms with Gasteiger partial charge in [0.25, 0.3) is 0 Å². The van der Waals surface area contributed by atoms with Crippen molar-refractivity contribution in [3.8, 4) is 0 Å². The maximum absolute atomic E-state index is 6.47. The fourth-order valence-corrected chi connectivity index (χ4v) is 3.63. The lowest BCUT2D eigenvalue weighted by atomic mass is 9.93. The van der Waals surface area contributed by atoms with Gasteiger partial charge < -0.3 is 5.73 Å². The van der Waals surface area contributed by atoms with Crippen molar-refractivity contribution in [3.63, 3.8) is 0 Å². The Morgan fingerprint density at radius 3 is 2.10 bits per heavy atom. The van der Waals surface area contributed by atoms with Crippen LogP contribution in [0.25, 0.3) is 0 Å². The zero-order chi connectivity index (χ0) is 15.1. The van der Waals surface area contributed by atoms with Gasteiger partial charge in [0.05, 0.1) is 11.7 Å². The quantitative estimate of drug-likeness (QED) is 0.888. The molecule has 2 aromatic rings. The highest BCUT2D eigenvalue weighted by atomic mass is 32.1. The average molecular weight is 288 g/mol. The Hall–Kier alpha value is -1.19. The second-order valence-corrected chi connectivity index (χ2v) is 7.50. The summed E-state index contributed by atoms with van der Waals surface area (Å²) < 4.78 is 0. The van der Waals surface area contributed by atoms with Crippen LogP contribution >= 0.6 is 11.3 Å². The average Bonchev–Trinajstić information content (AvgIpc) is 2.75. The van der Waals surface area contributed by atoms with Crippen LogP contribution in [0, 0.1) is 20.8 Å². The first-order valence-electron chi connectivity index (χ1n) is 6.99. The van der Waals surface area contributed by atoms with E-state index < -0.39 is 0 Å². The third-order valence-electron chi connectivity index (χ3n) is 3.61. The van der Waals surface area contributed by atoms with E-state index in [1.54, 1.807) is 11.3 Å². The number of thiazole rings is 1. The Morgan fingerprint density at radius 2 is 1.65 bits per heavy atom. The number of rotatable bonds is 2. The highest BCUT2D eigenvalue weighted by molar-refractivity contribution is 7.09. The van der Waals surface area contributed by atoms with Crippen molar-refractivity contribution in [1.82, 2.24) is 4.98 Å². The van der Waals surface area contributed by atoms with Gasteiger partial charge in [-0.25, -0.2) is 4.98 Å². The van der Waals surface area contributed by atoms with E-state index in [0.29, 0.717) is 0 Å². The van der Waals surface area contributed by atoms with Gasteiger partial charge in [-0.1, -0.05) is 38.5 Å². The number of hydrogen-bond acceptors (Lipinski definition) is 3. The molecule has 2 rings (SSSR count). The molecule has 0 spiro atoms. The summed E-state index contributed by atoms with van der Waals surface area (Å²) in [7, 11) is 0. The van der Waals surface area contributed by atoms with Crippen LogP contribution in [0.15, 0.2) is 17.5 Å². The van der Waals surface area contributed by atoms with E-state index in [2.05, 4.69) is 59.1 Å². The highest BCUT2D eigenvalue weighted by Gasteiger charge is 2.22. The fraction of sp³-hybridized carbons (Fsp3) is 0.471. The van der Waals surface area contributed by atoms with Gasteiger partial charge in [-0.3, -0.25) is 0 Å². The summed E-state index contributed by atoms with van der Waals surface area (Å²) in [6.07, 6.45) is 0. The molecular formula is C17H24N2S. The molecule has 0 aliphatic heterocycles. The lowest BCUT2D eigenvalue weighted by molar-refractivity contribution is 0.569. The molecule has 1 unspecified atom stereocenters. The summed E-state index contributed by atoms with van der Waals surface area (Å²) in [5.41, 5.74) is 12.7. The third-order valence-corrected chi connectivity index (χ3v) is 4.53. The Kier molecular flexibility index (Phi) is 4.03. The molecule has 0 aliphatic carbocycles. The summed E-state index contributed by atoms with van der Waals surface area (Å²) >= 11 is 1.66. The zero-order valence-corrected chi connectivity index (χ0v) is 14.1. The van der Waals surface area contributed by atoms with E-state index in [-0.39, 0.29) is 11.5 Å². The van der Waals surface area contributed by atoms with Crippen LogP contribution < -0.4 is 5.73 Å². The molecule has 2 nitrogen and oxygen atoms in total. The Morgan fingerprint density at radius 1 is 1.10 bits per heavy atom. The molecule has 0 saturated heterocycles. The van der Waals surface area contributed by atoms with Gasteiger partial charge in [0, 0.05) is 10.8 Å².